The Morgan fingerprint density at radius 1 is 1.44 bits per heavy atom. The van der Waals surface area contributed by atoms with Crippen LogP contribution in [-0.2, 0) is 6.42 Å². The van der Waals surface area contributed by atoms with Crippen molar-refractivity contribution in [1.29, 1.82) is 0 Å². The van der Waals surface area contributed by atoms with Crippen LogP contribution in [0.15, 0.2) is 18.2 Å². The average molecular weight is 244 g/mol. The maximum atomic E-state index is 13.5. The number of benzene rings is 1. The van der Waals surface area contributed by atoms with Crippen LogP contribution >= 0.6 is 11.6 Å². The molecule has 0 aromatic heterocycles. The van der Waals surface area contributed by atoms with Crippen LogP contribution in [0.2, 0.25) is 5.02 Å². The van der Waals surface area contributed by atoms with Crippen molar-refractivity contribution in [2.75, 3.05) is 13.1 Å². The first-order valence-electron chi connectivity index (χ1n) is 5.78. The monoisotopic (exact) mass is 243 g/mol. The molecule has 3 heteroatoms. The minimum absolute atomic E-state index is 0.192. The Bertz CT molecular complexity index is 307. The zero-order chi connectivity index (χ0) is 12.0. The fourth-order valence-corrected chi connectivity index (χ4v) is 1.91. The highest BCUT2D eigenvalue weighted by molar-refractivity contribution is 6.31. The van der Waals surface area contributed by atoms with Crippen LogP contribution in [0.5, 0.6) is 0 Å². The molecule has 0 aliphatic heterocycles. The number of rotatable bonds is 6. The molecular formula is C13H19ClFN. The normalized spacial score (nSPS) is 12.8. The van der Waals surface area contributed by atoms with Gasteiger partial charge >= 0.3 is 0 Å². The minimum atomic E-state index is -0.192. The molecule has 0 fully saturated rings. The Hall–Kier alpha value is -0.600. The van der Waals surface area contributed by atoms with Crippen LogP contribution in [0.4, 0.5) is 4.39 Å². The SMILES string of the molecule is CCNCC(C)CCc1c(F)cccc1Cl. The highest BCUT2D eigenvalue weighted by Gasteiger charge is 2.08. The molecule has 0 radical (unpaired) electrons. The molecule has 0 aliphatic carbocycles. The van der Waals surface area contributed by atoms with Gasteiger partial charge in [0.25, 0.3) is 0 Å². The van der Waals surface area contributed by atoms with E-state index in [1.54, 1.807) is 12.1 Å². The third-order valence-corrected chi connectivity index (χ3v) is 3.05. The summed E-state index contributed by atoms with van der Waals surface area (Å²) in [6.07, 6.45) is 1.66. The zero-order valence-electron chi connectivity index (χ0n) is 9.89. The highest BCUT2D eigenvalue weighted by Crippen LogP contribution is 2.21. The number of hydrogen-bond donors (Lipinski definition) is 1. The first-order valence-corrected chi connectivity index (χ1v) is 6.16. The van der Waals surface area contributed by atoms with E-state index in [0.717, 1.165) is 19.5 Å². The molecule has 0 amide bonds. The second-order valence-corrected chi connectivity index (χ2v) is 4.56. The summed E-state index contributed by atoms with van der Waals surface area (Å²) in [7, 11) is 0. The van der Waals surface area contributed by atoms with E-state index in [-0.39, 0.29) is 5.82 Å². The van der Waals surface area contributed by atoms with Crippen LogP contribution in [0.1, 0.15) is 25.8 Å². The third-order valence-electron chi connectivity index (χ3n) is 2.69. The van der Waals surface area contributed by atoms with Crippen LogP contribution < -0.4 is 5.32 Å². The molecule has 90 valence electrons. The summed E-state index contributed by atoms with van der Waals surface area (Å²) in [6.45, 7) is 6.20. The highest BCUT2D eigenvalue weighted by atomic mass is 35.5. The third kappa shape index (κ3) is 4.11. The summed E-state index contributed by atoms with van der Waals surface area (Å²) in [5.74, 6) is 0.346. The summed E-state index contributed by atoms with van der Waals surface area (Å²) in [4.78, 5) is 0. The molecular weight excluding hydrogens is 225 g/mol. The lowest BCUT2D eigenvalue weighted by molar-refractivity contribution is 0.483. The molecule has 0 bridgehead atoms. The van der Waals surface area contributed by atoms with E-state index in [1.165, 1.54) is 6.07 Å². The molecule has 1 atom stereocenters. The fraction of sp³-hybridized carbons (Fsp3) is 0.538. The minimum Gasteiger partial charge on any atom is -0.317 e. The van der Waals surface area contributed by atoms with Crippen LogP contribution in [0.3, 0.4) is 0 Å². The largest absolute Gasteiger partial charge is 0.317 e. The summed E-state index contributed by atoms with van der Waals surface area (Å²) in [5, 5.41) is 3.82. The maximum Gasteiger partial charge on any atom is 0.127 e. The maximum absolute atomic E-state index is 13.5. The number of hydrogen-bond acceptors (Lipinski definition) is 1. The molecule has 0 heterocycles. The summed E-state index contributed by atoms with van der Waals surface area (Å²) < 4.78 is 13.5. The van der Waals surface area contributed by atoms with Gasteiger partial charge in [-0.25, -0.2) is 4.39 Å². The van der Waals surface area contributed by atoms with Gasteiger partial charge in [0.1, 0.15) is 5.82 Å². The van der Waals surface area contributed by atoms with Gasteiger partial charge in [-0.3, -0.25) is 0 Å². The standard InChI is InChI=1S/C13H19ClFN/c1-3-16-9-10(2)7-8-11-12(14)5-4-6-13(11)15/h4-6,10,16H,3,7-9H2,1-2H3. The molecule has 1 nitrogen and oxygen atoms in total. The van der Waals surface area contributed by atoms with E-state index in [0.29, 0.717) is 22.9 Å². The van der Waals surface area contributed by atoms with Gasteiger partial charge in [0, 0.05) is 10.6 Å². The quantitative estimate of drug-likeness (QED) is 0.804. The van der Waals surface area contributed by atoms with Crippen molar-refractivity contribution in [3.63, 3.8) is 0 Å². The van der Waals surface area contributed by atoms with Crippen molar-refractivity contribution in [2.24, 2.45) is 5.92 Å². The molecule has 1 unspecified atom stereocenters. The second kappa shape index (κ2) is 6.87. The molecule has 0 saturated heterocycles. The lowest BCUT2D eigenvalue weighted by atomic mass is 10.0. The first-order chi connectivity index (χ1) is 7.65. The molecule has 1 aromatic rings. The number of nitrogens with one attached hydrogen (secondary N) is 1. The van der Waals surface area contributed by atoms with E-state index in [9.17, 15) is 4.39 Å². The van der Waals surface area contributed by atoms with Gasteiger partial charge in [-0.05, 0) is 44.0 Å². The first kappa shape index (κ1) is 13.5. The van der Waals surface area contributed by atoms with Crippen molar-refractivity contribution in [1.82, 2.24) is 5.32 Å². The molecule has 0 aliphatic rings. The molecule has 0 spiro atoms. The van der Waals surface area contributed by atoms with Crippen molar-refractivity contribution in [3.8, 4) is 0 Å². The smallest absolute Gasteiger partial charge is 0.127 e. The van der Waals surface area contributed by atoms with Gasteiger partial charge in [-0.2, -0.15) is 0 Å². The fourth-order valence-electron chi connectivity index (χ4n) is 1.65. The lowest BCUT2D eigenvalue weighted by Gasteiger charge is -2.12. The van der Waals surface area contributed by atoms with E-state index < -0.39 is 0 Å². The molecule has 1 rings (SSSR count). The van der Waals surface area contributed by atoms with Crippen molar-refractivity contribution < 1.29 is 4.39 Å². The Morgan fingerprint density at radius 3 is 2.81 bits per heavy atom. The van der Waals surface area contributed by atoms with Gasteiger partial charge in [0.15, 0.2) is 0 Å². The van der Waals surface area contributed by atoms with E-state index in [1.807, 2.05) is 0 Å². The van der Waals surface area contributed by atoms with Crippen LogP contribution in [0.25, 0.3) is 0 Å². The Kier molecular flexibility index (Phi) is 5.78. The van der Waals surface area contributed by atoms with E-state index in [2.05, 4.69) is 19.2 Å². The van der Waals surface area contributed by atoms with Crippen molar-refractivity contribution in [2.45, 2.75) is 26.7 Å². The zero-order valence-corrected chi connectivity index (χ0v) is 10.6. The van der Waals surface area contributed by atoms with Gasteiger partial charge in [0.05, 0.1) is 0 Å². The Balaban J connectivity index is 2.48. The summed E-state index contributed by atoms with van der Waals surface area (Å²) in [5.41, 5.74) is 0.646. The van der Waals surface area contributed by atoms with E-state index >= 15 is 0 Å². The predicted molar refractivity (Wildman–Crippen MR) is 67.4 cm³/mol. The van der Waals surface area contributed by atoms with Crippen LogP contribution in [-0.4, -0.2) is 13.1 Å². The van der Waals surface area contributed by atoms with Gasteiger partial charge in [-0.15, -0.1) is 0 Å². The van der Waals surface area contributed by atoms with Crippen molar-refractivity contribution >= 4 is 11.6 Å². The molecule has 0 saturated carbocycles. The van der Waals surface area contributed by atoms with Gasteiger partial charge < -0.3 is 5.32 Å². The summed E-state index contributed by atoms with van der Waals surface area (Å²) >= 11 is 5.96. The number of halogens is 2. The van der Waals surface area contributed by atoms with E-state index in [4.69, 9.17) is 11.6 Å². The Morgan fingerprint density at radius 2 is 2.19 bits per heavy atom. The second-order valence-electron chi connectivity index (χ2n) is 4.15. The van der Waals surface area contributed by atoms with Gasteiger partial charge in [-0.1, -0.05) is 31.5 Å². The molecule has 1 N–H and O–H groups in total. The molecule has 16 heavy (non-hydrogen) atoms. The lowest BCUT2D eigenvalue weighted by Crippen LogP contribution is -2.21. The summed E-state index contributed by atoms with van der Waals surface area (Å²) in [6, 6.07) is 4.86. The average Bonchev–Trinajstić information content (AvgIpc) is 2.25. The Labute approximate surface area is 102 Å². The predicted octanol–water partition coefficient (Wildman–Crippen LogP) is 3.66. The molecule has 1 aromatic carbocycles. The topological polar surface area (TPSA) is 12.0 Å². The van der Waals surface area contributed by atoms with Crippen LogP contribution in [0, 0.1) is 11.7 Å². The van der Waals surface area contributed by atoms with Crippen molar-refractivity contribution in [3.05, 3.63) is 34.6 Å². The van der Waals surface area contributed by atoms with Gasteiger partial charge in [0.2, 0.25) is 0 Å².